The quantitative estimate of drug-likeness (QED) is 0.501. The third-order valence-electron chi connectivity index (χ3n) is 1.61. The van der Waals surface area contributed by atoms with Crippen LogP contribution in [0.3, 0.4) is 0 Å². The fourth-order valence-electron chi connectivity index (χ4n) is 0.690. The number of ether oxygens (including phenoxy) is 1. The van der Waals surface area contributed by atoms with Gasteiger partial charge in [0.05, 0.1) is 6.10 Å². The first kappa shape index (κ1) is 6.05. The molecule has 1 saturated heterocycles. The molecule has 0 aliphatic carbocycles. The van der Waals surface area contributed by atoms with Gasteiger partial charge in [-0.15, -0.1) is 0 Å². The maximum atomic E-state index is 5.15. The Morgan fingerprint density at radius 3 is 2.75 bits per heavy atom. The van der Waals surface area contributed by atoms with Gasteiger partial charge in [0.25, 0.3) is 0 Å². The molecule has 0 aromatic heterocycles. The summed E-state index contributed by atoms with van der Waals surface area (Å²) in [7, 11) is 0. The Hall–Kier alpha value is -0.0800. The SMILES string of the molecule is CC1CN[CH]OC1C. The van der Waals surface area contributed by atoms with Crippen molar-refractivity contribution >= 4 is 0 Å². The van der Waals surface area contributed by atoms with Crippen molar-refractivity contribution in [2.24, 2.45) is 5.92 Å². The van der Waals surface area contributed by atoms with Crippen LogP contribution in [0.4, 0.5) is 0 Å². The molecular formula is C6H12NO. The van der Waals surface area contributed by atoms with Gasteiger partial charge in [-0.3, -0.25) is 5.32 Å². The second-order valence-electron chi connectivity index (χ2n) is 2.34. The van der Waals surface area contributed by atoms with Crippen LogP contribution in [0.1, 0.15) is 13.8 Å². The van der Waals surface area contributed by atoms with Crippen molar-refractivity contribution < 1.29 is 4.74 Å². The highest BCUT2D eigenvalue weighted by molar-refractivity contribution is 4.71. The summed E-state index contributed by atoms with van der Waals surface area (Å²) in [5.41, 5.74) is 0. The minimum atomic E-state index is 0.385. The third-order valence-corrected chi connectivity index (χ3v) is 1.61. The van der Waals surface area contributed by atoms with Crippen molar-refractivity contribution in [1.82, 2.24) is 5.32 Å². The van der Waals surface area contributed by atoms with Gasteiger partial charge in [0.15, 0.2) is 0 Å². The smallest absolute Gasteiger partial charge is 0.148 e. The predicted molar refractivity (Wildman–Crippen MR) is 32.0 cm³/mol. The second-order valence-corrected chi connectivity index (χ2v) is 2.34. The van der Waals surface area contributed by atoms with E-state index in [1.54, 1.807) is 6.73 Å². The Kier molecular flexibility index (Phi) is 1.86. The lowest BCUT2D eigenvalue weighted by atomic mass is 10.1. The molecule has 0 aromatic carbocycles. The van der Waals surface area contributed by atoms with Crippen molar-refractivity contribution in [3.8, 4) is 0 Å². The van der Waals surface area contributed by atoms with Gasteiger partial charge in [0.1, 0.15) is 6.73 Å². The van der Waals surface area contributed by atoms with Crippen molar-refractivity contribution in [3.63, 3.8) is 0 Å². The van der Waals surface area contributed by atoms with Crippen LogP contribution in [0, 0.1) is 12.6 Å². The highest BCUT2D eigenvalue weighted by Crippen LogP contribution is 2.09. The Morgan fingerprint density at radius 1 is 1.62 bits per heavy atom. The molecule has 0 saturated carbocycles. The summed E-state index contributed by atoms with van der Waals surface area (Å²) in [6.45, 7) is 6.97. The highest BCUT2D eigenvalue weighted by atomic mass is 16.5. The minimum Gasteiger partial charge on any atom is -0.356 e. The van der Waals surface area contributed by atoms with Crippen LogP contribution >= 0.6 is 0 Å². The van der Waals surface area contributed by atoms with Gasteiger partial charge >= 0.3 is 0 Å². The molecule has 0 amide bonds. The second kappa shape index (κ2) is 2.46. The number of hydrogen-bond acceptors (Lipinski definition) is 2. The van der Waals surface area contributed by atoms with E-state index in [1.807, 2.05) is 0 Å². The zero-order valence-electron chi connectivity index (χ0n) is 5.35. The molecule has 1 aliphatic heterocycles. The first-order chi connectivity index (χ1) is 3.80. The van der Waals surface area contributed by atoms with Crippen molar-refractivity contribution in [1.29, 1.82) is 0 Å². The molecule has 2 heteroatoms. The monoisotopic (exact) mass is 114 g/mol. The van der Waals surface area contributed by atoms with Crippen LogP contribution in [0.2, 0.25) is 0 Å². The largest absolute Gasteiger partial charge is 0.356 e. The van der Waals surface area contributed by atoms with Crippen molar-refractivity contribution in [3.05, 3.63) is 6.73 Å². The molecule has 1 aliphatic rings. The molecule has 1 N–H and O–H groups in total. The van der Waals surface area contributed by atoms with Crippen LogP contribution in [0.15, 0.2) is 0 Å². The van der Waals surface area contributed by atoms with Gasteiger partial charge in [-0.25, -0.2) is 0 Å². The molecule has 2 atom stereocenters. The maximum Gasteiger partial charge on any atom is 0.148 e. The standard InChI is InChI=1S/C6H12NO/c1-5-3-7-4-8-6(5)2/h4-7H,3H2,1-2H3. The van der Waals surface area contributed by atoms with Crippen molar-refractivity contribution in [2.75, 3.05) is 6.54 Å². The van der Waals surface area contributed by atoms with Crippen molar-refractivity contribution in [2.45, 2.75) is 20.0 Å². The van der Waals surface area contributed by atoms with E-state index in [0.717, 1.165) is 6.54 Å². The molecule has 1 fully saturated rings. The van der Waals surface area contributed by atoms with Gasteiger partial charge in [0, 0.05) is 6.54 Å². The Bertz CT molecular complexity index is 64.9. The fourth-order valence-corrected chi connectivity index (χ4v) is 0.690. The van der Waals surface area contributed by atoms with Gasteiger partial charge < -0.3 is 4.74 Å². The normalized spacial score (nSPS) is 39.8. The minimum absolute atomic E-state index is 0.385. The predicted octanol–water partition coefficient (Wildman–Crippen LogP) is 0.750. The lowest BCUT2D eigenvalue weighted by Crippen LogP contribution is -2.35. The lowest BCUT2D eigenvalue weighted by molar-refractivity contribution is 0.0326. The maximum absolute atomic E-state index is 5.15. The zero-order chi connectivity index (χ0) is 5.98. The molecule has 47 valence electrons. The summed E-state index contributed by atoms with van der Waals surface area (Å²) in [4.78, 5) is 0. The highest BCUT2D eigenvalue weighted by Gasteiger charge is 2.16. The van der Waals surface area contributed by atoms with Gasteiger partial charge in [-0.2, -0.15) is 0 Å². The molecule has 0 aromatic rings. The van der Waals surface area contributed by atoms with Gasteiger partial charge in [-0.05, 0) is 12.8 Å². The number of hydrogen-bond donors (Lipinski definition) is 1. The molecule has 1 heterocycles. The summed E-state index contributed by atoms with van der Waals surface area (Å²) in [5.74, 6) is 0.639. The van der Waals surface area contributed by atoms with Crippen LogP contribution in [-0.2, 0) is 4.74 Å². The Labute approximate surface area is 50.2 Å². The van der Waals surface area contributed by atoms with E-state index >= 15 is 0 Å². The molecule has 2 unspecified atom stereocenters. The first-order valence-corrected chi connectivity index (χ1v) is 3.01. The third kappa shape index (κ3) is 1.20. The Balaban J connectivity index is 2.28. The van der Waals surface area contributed by atoms with E-state index in [-0.39, 0.29) is 0 Å². The molecular weight excluding hydrogens is 102 g/mol. The average molecular weight is 114 g/mol. The van der Waals surface area contributed by atoms with Gasteiger partial charge in [0.2, 0.25) is 0 Å². The van der Waals surface area contributed by atoms with Crippen LogP contribution in [0.25, 0.3) is 0 Å². The molecule has 0 spiro atoms. The zero-order valence-corrected chi connectivity index (χ0v) is 5.35. The summed E-state index contributed by atoms with van der Waals surface area (Å²) in [5, 5.41) is 3.02. The van der Waals surface area contributed by atoms with Gasteiger partial charge in [-0.1, -0.05) is 6.92 Å². The molecule has 0 bridgehead atoms. The van der Waals surface area contributed by atoms with Crippen LogP contribution in [0.5, 0.6) is 0 Å². The topological polar surface area (TPSA) is 21.3 Å². The molecule has 1 rings (SSSR count). The summed E-state index contributed by atoms with van der Waals surface area (Å²) in [6.07, 6.45) is 0.385. The van der Waals surface area contributed by atoms with E-state index in [9.17, 15) is 0 Å². The average Bonchev–Trinajstić information content (AvgIpc) is 1.77. The molecule has 2 nitrogen and oxygen atoms in total. The summed E-state index contributed by atoms with van der Waals surface area (Å²) >= 11 is 0. The van der Waals surface area contributed by atoms with Crippen LogP contribution < -0.4 is 5.32 Å². The fraction of sp³-hybridized carbons (Fsp3) is 0.833. The summed E-state index contributed by atoms with van der Waals surface area (Å²) in [6, 6.07) is 0. The molecule has 1 radical (unpaired) electrons. The van der Waals surface area contributed by atoms with E-state index in [4.69, 9.17) is 4.74 Å². The van der Waals surface area contributed by atoms with Crippen LogP contribution in [-0.4, -0.2) is 12.6 Å². The number of rotatable bonds is 0. The van der Waals surface area contributed by atoms with E-state index in [1.165, 1.54) is 0 Å². The van der Waals surface area contributed by atoms with E-state index in [0.29, 0.717) is 12.0 Å². The molecule has 8 heavy (non-hydrogen) atoms. The summed E-state index contributed by atoms with van der Waals surface area (Å²) < 4.78 is 5.15. The first-order valence-electron chi connectivity index (χ1n) is 3.01. The lowest BCUT2D eigenvalue weighted by Gasteiger charge is -2.25. The Morgan fingerprint density at radius 2 is 2.38 bits per heavy atom. The number of nitrogens with one attached hydrogen (secondary N) is 1. The van der Waals surface area contributed by atoms with E-state index < -0.39 is 0 Å². The van der Waals surface area contributed by atoms with E-state index in [2.05, 4.69) is 19.2 Å².